The van der Waals surface area contributed by atoms with Gasteiger partial charge in [-0.25, -0.2) is 4.79 Å². The van der Waals surface area contributed by atoms with Crippen molar-refractivity contribution in [2.75, 3.05) is 33.2 Å². The van der Waals surface area contributed by atoms with Crippen LogP contribution in [0.25, 0.3) is 0 Å². The minimum absolute atomic E-state index is 0. The second-order valence-corrected chi connectivity index (χ2v) is 7.36. The van der Waals surface area contributed by atoms with Crippen molar-refractivity contribution in [3.63, 3.8) is 0 Å². The van der Waals surface area contributed by atoms with E-state index in [-0.39, 0.29) is 30.8 Å². The van der Waals surface area contributed by atoms with E-state index in [2.05, 4.69) is 10.6 Å². The van der Waals surface area contributed by atoms with Crippen LogP contribution in [0.4, 0.5) is 4.79 Å². The number of nitrogens with zero attached hydrogens (tertiary/aromatic N) is 2. The Morgan fingerprint density at radius 1 is 1.30 bits per heavy atom. The number of benzene rings is 1. The molecule has 2 saturated heterocycles. The van der Waals surface area contributed by atoms with Crippen LogP contribution in [-0.2, 0) is 15.1 Å². The zero-order valence-corrected chi connectivity index (χ0v) is 16.8. The SMILES string of the molecule is CNCC1CCN(C(=O)CN2C(=O)NC(C)(c3ccc(C)cc3)C2=O)C1.Cl. The summed E-state index contributed by atoms with van der Waals surface area (Å²) in [6.07, 6.45) is 0.938. The molecule has 0 bridgehead atoms. The van der Waals surface area contributed by atoms with Crippen molar-refractivity contribution >= 4 is 30.3 Å². The third-order valence-electron chi connectivity index (χ3n) is 5.33. The molecule has 3 rings (SSSR count). The number of carbonyl (C=O) groups is 3. The number of aryl methyl sites for hydroxylation is 1. The van der Waals surface area contributed by atoms with Gasteiger partial charge in [-0.3, -0.25) is 14.5 Å². The fraction of sp³-hybridized carbons (Fsp3) is 0.526. The number of amides is 4. The Balaban J connectivity index is 0.00000261. The monoisotopic (exact) mass is 394 g/mol. The lowest BCUT2D eigenvalue weighted by atomic mass is 9.91. The summed E-state index contributed by atoms with van der Waals surface area (Å²) in [5.41, 5.74) is 0.656. The second-order valence-electron chi connectivity index (χ2n) is 7.36. The van der Waals surface area contributed by atoms with Crippen LogP contribution < -0.4 is 10.6 Å². The summed E-state index contributed by atoms with van der Waals surface area (Å²) >= 11 is 0. The number of hydrogen-bond donors (Lipinski definition) is 2. The quantitative estimate of drug-likeness (QED) is 0.736. The van der Waals surface area contributed by atoms with Crippen LogP contribution in [0.15, 0.2) is 24.3 Å². The maximum absolute atomic E-state index is 12.9. The average Bonchev–Trinajstić information content (AvgIpc) is 3.15. The highest BCUT2D eigenvalue weighted by molar-refractivity contribution is 6.09. The first-order valence-electron chi connectivity index (χ1n) is 8.99. The Labute approximate surface area is 165 Å². The molecule has 2 unspecified atom stereocenters. The number of likely N-dealkylation sites (tertiary alicyclic amines) is 1. The number of hydrogen-bond acceptors (Lipinski definition) is 4. The minimum atomic E-state index is -1.13. The van der Waals surface area contributed by atoms with Crippen LogP contribution in [-0.4, -0.2) is 60.9 Å². The first-order chi connectivity index (χ1) is 12.3. The molecule has 1 aromatic rings. The van der Waals surface area contributed by atoms with E-state index in [0.29, 0.717) is 24.6 Å². The lowest BCUT2D eigenvalue weighted by Crippen LogP contribution is -2.44. The van der Waals surface area contributed by atoms with E-state index in [1.165, 1.54) is 0 Å². The van der Waals surface area contributed by atoms with E-state index >= 15 is 0 Å². The van der Waals surface area contributed by atoms with Crippen molar-refractivity contribution in [1.29, 1.82) is 0 Å². The molecule has 0 aromatic heterocycles. The van der Waals surface area contributed by atoms with Gasteiger partial charge in [-0.2, -0.15) is 0 Å². The number of imide groups is 1. The molecule has 2 atom stereocenters. The Hall–Kier alpha value is -2.12. The smallest absolute Gasteiger partial charge is 0.325 e. The molecule has 2 fully saturated rings. The van der Waals surface area contributed by atoms with Gasteiger partial charge in [0.2, 0.25) is 5.91 Å². The first-order valence-corrected chi connectivity index (χ1v) is 8.99. The molecule has 0 radical (unpaired) electrons. The molecule has 8 heteroatoms. The van der Waals surface area contributed by atoms with Crippen LogP contribution in [0, 0.1) is 12.8 Å². The molecule has 0 aliphatic carbocycles. The fourth-order valence-electron chi connectivity index (χ4n) is 3.67. The van der Waals surface area contributed by atoms with E-state index in [9.17, 15) is 14.4 Å². The summed E-state index contributed by atoms with van der Waals surface area (Å²) in [5.74, 6) is -0.143. The van der Waals surface area contributed by atoms with Crippen molar-refractivity contribution in [2.45, 2.75) is 25.8 Å². The normalized spacial score (nSPS) is 24.8. The molecular weight excluding hydrogens is 368 g/mol. The van der Waals surface area contributed by atoms with Gasteiger partial charge < -0.3 is 15.5 Å². The Bertz CT molecular complexity index is 724. The zero-order valence-electron chi connectivity index (χ0n) is 15.9. The predicted molar refractivity (Wildman–Crippen MR) is 105 cm³/mol. The topological polar surface area (TPSA) is 81.8 Å². The summed E-state index contributed by atoms with van der Waals surface area (Å²) in [5, 5.41) is 5.87. The van der Waals surface area contributed by atoms with Crippen molar-refractivity contribution in [3.8, 4) is 0 Å². The van der Waals surface area contributed by atoms with Gasteiger partial charge in [-0.05, 0) is 45.3 Å². The van der Waals surface area contributed by atoms with E-state index in [1.54, 1.807) is 11.8 Å². The number of nitrogens with one attached hydrogen (secondary N) is 2. The third kappa shape index (κ3) is 4.09. The van der Waals surface area contributed by atoms with Crippen LogP contribution in [0.2, 0.25) is 0 Å². The number of carbonyl (C=O) groups excluding carboxylic acids is 3. The van der Waals surface area contributed by atoms with Crippen molar-refractivity contribution in [2.24, 2.45) is 5.92 Å². The summed E-state index contributed by atoms with van der Waals surface area (Å²) in [6, 6.07) is 6.96. The maximum Gasteiger partial charge on any atom is 0.325 e. The lowest BCUT2D eigenvalue weighted by molar-refractivity contribution is -0.138. The Morgan fingerprint density at radius 3 is 2.59 bits per heavy atom. The molecule has 4 amide bonds. The average molecular weight is 395 g/mol. The maximum atomic E-state index is 12.9. The molecule has 1 aromatic carbocycles. The van der Waals surface area contributed by atoms with Gasteiger partial charge >= 0.3 is 6.03 Å². The molecule has 2 aliphatic heterocycles. The van der Waals surface area contributed by atoms with E-state index in [1.807, 2.05) is 38.2 Å². The van der Waals surface area contributed by atoms with Gasteiger partial charge in [0.25, 0.3) is 5.91 Å². The van der Waals surface area contributed by atoms with E-state index in [0.717, 1.165) is 23.4 Å². The van der Waals surface area contributed by atoms with Gasteiger partial charge in [-0.1, -0.05) is 29.8 Å². The molecule has 2 aliphatic rings. The third-order valence-corrected chi connectivity index (χ3v) is 5.33. The first kappa shape index (κ1) is 21.2. The summed E-state index contributed by atoms with van der Waals surface area (Å²) in [6.45, 7) is 5.63. The van der Waals surface area contributed by atoms with Gasteiger partial charge in [0.1, 0.15) is 12.1 Å². The van der Waals surface area contributed by atoms with Gasteiger partial charge in [-0.15, -0.1) is 12.4 Å². The molecule has 0 saturated carbocycles. The Morgan fingerprint density at radius 2 is 1.96 bits per heavy atom. The molecule has 0 spiro atoms. The summed E-state index contributed by atoms with van der Waals surface area (Å²) in [4.78, 5) is 40.6. The molecule has 148 valence electrons. The van der Waals surface area contributed by atoms with Gasteiger partial charge in [0.05, 0.1) is 0 Å². The lowest BCUT2D eigenvalue weighted by Gasteiger charge is -2.23. The van der Waals surface area contributed by atoms with E-state index in [4.69, 9.17) is 0 Å². The summed E-state index contributed by atoms with van der Waals surface area (Å²) in [7, 11) is 1.89. The number of halogens is 1. The van der Waals surface area contributed by atoms with Crippen molar-refractivity contribution < 1.29 is 14.4 Å². The Kier molecular flexibility index (Phi) is 6.49. The fourth-order valence-corrected chi connectivity index (χ4v) is 3.67. The van der Waals surface area contributed by atoms with Gasteiger partial charge in [0.15, 0.2) is 0 Å². The molecule has 27 heavy (non-hydrogen) atoms. The second kappa shape index (κ2) is 8.27. The standard InChI is InChI=1S/C19H26N4O3.ClH/c1-13-4-6-15(7-5-13)19(2)17(25)23(18(26)21-19)12-16(24)22-9-8-14(11-22)10-20-3;/h4-7,14,20H,8-12H2,1-3H3,(H,21,26);1H. The van der Waals surface area contributed by atoms with Crippen LogP contribution in [0.3, 0.4) is 0 Å². The van der Waals surface area contributed by atoms with Gasteiger partial charge in [0, 0.05) is 13.1 Å². The summed E-state index contributed by atoms with van der Waals surface area (Å²) < 4.78 is 0. The van der Waals surface area contributed by atoms with Crippen LogP contribution in [0.5, 0.6) is 0 Å². The predicted octanol–water partition coefficient (Wildman–Crippen LogP) is 1.25. The zero-order chi connectivity index (χ0) is 18.9. The van der Waals surface area contributed by atoms with Crippen LogP contribution in [0.1, 0.15) is 24.5 Å². The van der Waals surface area contributed by atoms with Crippen molar-refractivity contribution in [1.82, 2.24) is 20.4 Å². The molecule has 7 nitrogen and oxygen atoms in total. The van der Waals surface area contributed by atoms with Crippen molar-refractivity contribution in [3.05, 3.63) is 35.4 Å². The van der Waals surface area contributed by atoms with Crippen LogP contribution >= 0.6 is 12.4 Å². The number of urea groups is 1. The minimum Gasteiger partial charge on any atom is -0.341 e. The molecular formula is C19H27ClN4O3. The molecule has 2 heterocycles. The van der Waals surface area contributed by atoms with E-state index < -0.39 is 11.6 Å². The molecule has 2 N–H and O–H groups in total. The highest BCUT2D eigenvalue weighted by Crippen LogP contribution is 2.29. The largest absolute Gasteiger partial charge is 0.341 e. The number of rotatable bonds is 5. The highest BCUT2D eigenvalue weighted by Gasteiger charge is 2.49. The highest BCUT2D eigenvalue weighted by atomic mass is 35.5.